The Bertz CT molecular complexity index is 869. The van der Waals surface area contributed by atoms with Crippen LogP contribution in [0, 0.1) is 0 Å². The summed E-state index contributed by atoms with van der Waals surface area (Å²) in [4.78, 5) is 43.4. The van der Waals surface area contributed by atoms with Crippen LogP contribution in [0.2, 0.25) is 0 Å². The van der Waals surface area contributed by atoms with Crippen LogP contribution in [-0.4, -0.2) is 59.0 Å². The first-order chi connectivity index (χ1) is 13.6. The molecule has 1 aromatic carbocycles. The van der Waals surface area contributed by atoms with Crippen molar-refractivity contribution in [3.8, 4) is 11.3 Å². The number of benzene rings is 1. The molecule has 7 nitrogen and oxygen atoms in total. The smallest absolute Gasteiger partial charge is 0.326 e. The summed E-state index contributed by atoms with van der Waals surface area (Å²) in [5.74, 6) is -0.345. The van der Waals surface area contributed by atoms with E-state index in [-0.39, 0.29) is 18.3 Å². The van der Waals surface area contributed by atoms with Crippen molar-refractivity contribution in [3.63, 3.8) is 0 Å². The normalized spacial score (nSPS) is 13.4. The molecule has 1 aromatic heterocycles. The van der Waals surface area contributed by atoms with E-state index in [9.17, 15) is 14.4 Å². The van der Waals surface area contributed by atoms with Crippen LogP contribution in [0.4, 0.5) is 9.93 Å². The van der Waals surface area contributed by atoms with Crippen molar-refractivity contribution in [1.82, 2.24) is 9.88 Å². The van der Waals surface area contributed by atoms with Crippen molar-refractivity contribution < 1.29 is 19.1 Å². The van der Waals surface area contributed by atoms with Crippen LogP contribution < -0.4 is 4.90 Å². The number of aromatic nitrogens is 1. The summed E-state index contributed by atoms with van der Waals surface area (Å²) in [5, 5.41) is 2.23. The average Bonchev–Trinajstić information content (AvgIpc) is 3.34. The Hall–Kier alpha value is -2.65. The highest BCUT2D eigenvalue weighted by molar-refractivity contribution is 8.13. The van der Waals surface area contributed by atoms with E-state index in [4.69, 9.17) is 4.74 Å². The molecule has 0 unspecified atom stereocenters. The highest BCUT2D eigenvalue weighted by atomic mass is 32.2. The van der Waals surface area contributed by atoms with Crippen LogP contribution in [-0.2, 0) is 14.3 Å². The first kappa shape index (κ1) is 20.1. The predicted molar refractivity (Wildman–Crippen MR) is 110 cm³/mol. The van der Waals surface area contributed by atoms with Crippen molar-refractivity contribution in [2.24, 2.45) is 0 Å². The van der Waals surface area contributed by atoms with Gasteiger partial charge in [-0.2, -0.15) is 0 Å². The van der Waals surface area contributed by atoms with Gasteiger partial charge in [-0.25, -0.2) is 4.98 Å². The molecule has 146 valence electrons. The van der Waals surface area contributed by atoms with Gasteiger partial charge in [0, 0.05) is 29.8 Å². The number of nitrogens with zero attached hydrogens (tertiary/aromatic N) is 3. The van der Waals surface area contributed by atoms with Crippen molar-refractivity contribution >= 4 is 45.3 Å². The van der Waals surface area contributed by atoms with Crippen LogP contribution in [0.15, 0.2) is 48.4 Å². The van der Waals surface area contributed by atoms with Gasteiger partial charge in [-0.1, -0.05) is 48.2 Å². The zero-order chi connectivity index (χ0) is 19.9. The third kappa shape index (κ3) is 4.99. The Balaban J connectivity index is 1.61. The lowest BCUT2D eigenvalue weighted by Gasteiger charge is -2.18. The summed E-state index contributed by atoms with van der Waals surface area (Å²) < 4.78 is 5.06. The van der Waals surface area contributed by atoms with Crippen LogP contribution >= 0.6 is 23.1 Å². The van der Waals surface area contributed by atoms with Gasteiger partial charge in [0.1, 0.15) is 6.54 Å². The van der Waals surface area contributed by atoms with E-state index in [0.717, 1.165) is 11.3 Å². The van der Waals surface area contributed by atoms with Gasteiger partial charge in [0.25, 0.3) is 11.1 Å². The zero-order valence-electron chi connectivity index (χ0n) is 15.1. The summed E-state index contributed by atoms with van der Waals surface area (Å²) in [6.07, 6.45) is 1.59. The minimum absolute atomic E-state index is 0.143. The minimum Gasteiger partial charge on any atom is -0.454 e. The van der Waals surface area contributed by atoms with E-state index in [1.807, 2.05) is 35.7 Å². The lowest BCUT2D eigenvalue weighted by molar-refractivity contribution is -0.148. The molecule has 0 N–H and O–H groups in total. The van der Waals surface area contributed by atoms with E-state index < -0.39 is 18.5 Å². The van der Waals surface area contributed by atoms with E-state index in [1.165, 1.54) is 32.9 Å². The van der Waals surface area contributed by atoms with Crippen molar-refractivity contribution in [2.45, 2.75) is 0 Å². The molecule has 2 aromatic rings. The quantitative estimate of drug-likeness (QED) is 0.485. The summed E-state index contributed by atoms with van der Waals surface area (Å²) in [5.41, 5.74) is 1.72. The second kappa shape index (κ2) is 9.52. The SMILES string of the molecule is C=CCN(C(=O)COC(=O)CN1CCSC1=O)c1nc(-c2ccccc2)cs1. The number of hydrogen-bond acceptors (Lipinski definition) is 7. The van der Waals surface area contributed by atoms with Crippen molar-refractivity contribution in [1.29, 1.82) is 0 Å². The standard InChI is InChI=1S/C19H19N3O4S2/c1-2-8-22(18-20-15(13-28-18)14-6-4-3-5-7-14)16(23)12-26-17(24)11-21-9-10-27-19(21)25/h2-7,13H,1,8-12H2. The number of ether oxygens (including phenoxy) is 1. The molecular weight excluding hydrogens is 398 g/mol. The fraction of sp³-hybridized carbons (Fsp3) is 0.263. The molecule has 1 fully saturated rings. The maximum atomic E-state index is 12.6. The molecule has 9 heteroatoms. The van der Waals surface area contributed by atoms with Gasteiger partial charge < -0.3 is 9.64 Å². The lowest BCUT2D eigenvalue weighted by Crippen LogP contribution is -2.37. The lowest BCUT2D eigenvalue weighted by atomic mass is 10.2. The third-order valence-corrected chi connectivity index (χ3v) is 5.68. The molecule has 3 rings (SSSR count). The maximum absolute atomic E-state index is 12.6. The summed E-state index contributed by atoms with van der Waals surface area (Å²) in [6.45, 7) is 3.88. The number of carbonyl (C=O) groups excluding carboxylic acids is 3. The van der Waals surface area contributed by atoms with Crippen LogP contribution in [0.25, 0.3) is 11.3 Å². The third-order valence-electron chi connectivity index (χ3n) is 3.93. The van der Waals surface area contributed by atoms with E-state index in [1.54, 1.807) is 6.08 Å². The minimum atomic E-state index is -0.605. The predicted octanol–water partition coefficient (Wildman–Crippen LogP) is 3.04. The highest BCUT2D eigenvalue weighted by Crippen LogP contribution is 2.27. The second-order valence-electron chi connectivity index (χ2n) is 5.87. The topological polar surface area (TPSA) is 79.8 Å². The van der Waals surface area contributed by atoms with Crippen molar-refractivity contribution in [2.75, 3.05) is 36.9 Å². The summed E-state index contributed by atoms with van der Waals surface area (Å²) in [7, 11) is 0. The monoisotopic (exact) mass is 417 g/mol. The highest BCUT2D eigenvalue weighted by Gasteiger charge is 2.25. The molecule has 2 heterocycles. The van der Waals surface area contributed by atoms with Gasteiger partial charge in [0.2, 0.25) is 0 Å². The first-order valence-corrected chi connectivity index (χ1v) is 10.4. The Morgan fingerprint density at radius 3 is 2.79 bits per heavy atom. The number of esters is 1. The largest absolute Gasteiger partial charge is 0.454 e. The summed E-state index contributed by atoms with van der Waals surface area (Å²) >= 11 is 2.50. The molecule has 0 saturated carbocycles. The molecule has 0 spiro atoms. The Labute approximate surface area is 171 Å². The van der Waals surface area contributed by atoms with Crippen LogP contribution in [0.1, 0.15) is 0 Å². The van der Waals surface area contributed by atoms with Gasteiger partial charge in [0.05, 0.1) is 5.69 Å². The van der Waals surface area contributed by atoms with E-state index in [0.29, 0.717) is 17.4 Å². The molecule has 1 saturated heterocycles. The number of thioether (sulfide) groups is 1. The zero-order valence-corrected chi connectivity index (χ0v) is 16.7. The molecule has 28 heavy (non-hydrogen) atoms. The van der Waals surface area contributed by atoms with Gasteiger partial charge in [0.15, 0.2) is 11.7 Å². The van der Waals surface area contributed by atoms with E-state index >= 15 is 0 Å². The molecule has 1 aliphatic heterocycles. The maximum Gasteiger partial charge on any atom is 0.326 e. The fourth-order valence-electron chi connectivity index (χ4n) is 2.54. The molecule has 1 aliphatic rings. The average molecular weight is 418 g/mol. The van der Waals surface area contributed by atoms with Crippen LogP contribution in [0.5, 0.6) is 0 Å². The molecule has 0 radical (unpaired) electrons. The van der Waals surface area contributed by atoms with Gasteiger partial charge in [-0.05, 0) is 0 Å². The Kier molecular flexibility index (Phi) is 6.83. The number of carbonyl (C=O) groups is 3. The number of amides is 2. The fourth-order valence-corrected chi connectivity index (χ4v) is 4.22. The number of hydrogen-bond donors (Lipinski definition) is 0. The number of rotatable bonds is 8. The van der Waals surface area contributed by atoms with Gasteiger partial charge in [-0.15, -0.1) is 17.9 Å². The molecule has 0 atom stereocenters. The molecular formula is C19H19N3O4S2. The van der Waals surface area contributed by atoms with Gasteiger partial charge in [-0.3, -0.25) is 19.3 Å². The van der Waals surface area contributed by atoms with E-state index in [2.05, 4.69) is 11.6 Å². The van der Waals surface area contributed by atoms with Crippen molar-refractivity contribution in [3.05, 3.63) is 48.4 Å². The number of thiazole rings is 1. The number of anilines is 1. The van der Waals surface area contributed by atoms with Crippen LogP contribution in [0.3, 0.4) is 0 Å². The Morgan fingerprint density at radius 2 is 2.11 bits per heavy atom. The second-order valence-corrected chi connectivity index (χ2v) is 7.75. The molecule has 2 amide bonds. The molecule has 0 aliphatic carbocycles. The summed E-state index contributed by atoms with van der Waals surface area (Å²) in [6, 6.07) is 9.65. The first-order valence-electron chi connectivity index (χ1n) is 8.58. The molecule has 0 bridgehead atoms. The van der Waals surface area contributed by atoms with Gasteiger partial charge >= 0.3 is 5.97 Å². The Morgan fingerprint density at radius 1 is 1.32 bits per heavy atom.